The van der Waals surface area contributed by atoms with Crippen molar-refractivity contribution in [2.24, 2.45) is 0 Å². The number of hydrogen-bond donors (Lipinski definition) is 4. The zero-order chi connectivity index (χ0) is 14.1. The average Bonchev–Trinajstić information content (AvgIpc) is 2.35. The van der Waals surface area contributed by atoms with Gasteiger partial charge in [-0.2, -0.15) is 0 Å². The van der Waals surface area contributed by atoms with Crippen LogP contribution < -0.4 is 15.8 Å². The molecule has 0 aliphatic heterocycles. The Labute approximate surface area is 113 Å². The van der Waals surface area contributed by atoms with Crippen LogP contribution in [0.1, 0.15) is 19.3 Å². The molecule has 0 radical (unpaired) electrons. The second-order valence-corrected chi connectivity index (χ2v) is 6.74. The molecule has 106 valence electrons. The number of nitrogens with two attached hydrogens (primary N) is 1. The molecule has 0 amide bonds. The summed E-state index contributed by atoms with van der Waals surface area (Å²) in [5.74, 6) is 0. The van der Waals surface area contributed by atoms with Crippen LogP contribution in [0.2, 0.25) is 0 Å². The predicted molar refractivity (Wildman–Crippen MR) is 74.4 cm³/mol. The van der Waals surface area contributed by atoms with Gasteiger partial charge in [-0.3, -0.25) is 0 Å². The Morgan fingerprint density at radius 2 is 2.11 bits per heavy atom. The van der Waals surface area contributed by atoms with E-state index in [-0.39, 0.29) is 11.5 Å². The quantitative estimate of drug-likeness (QED) is 0.590. The van der Waals surface area contributed by atoms with E-state index in [9.17, 15) is 13.5 Å². The van der Waals surface area contributed by atoms with Crippen LogP contribution in [0.4, 0.5) is 11.4 Å². The molecule has 1 aliphatic carbocycles. The zero-order valence-electron chi connectivity index (χ0n) is 10.8. The predicted octanol–water partition coefficient (Wildman–Crippen LogP) is 0.504. The molecule has 1 aromatic carbocycles. The van der Waals surface area contributed by atoms with Gasteiger partial charge in [0.25, 0.3) is 0 Å². The van der Waals surface area contributed by atoms with Crippen molar-refractivity contribution >= 4 is 21.4 Å². The Kier molecular flexibility index (Phi) is 3.71. The van der Waals surface area contributed by atoms with Crippen molar-refractivity contribution in [1.29, 1.82) is 0 Å². The van der Waals surface area contributed by atoms with Gasteiger partial charge in [0.1, 0.15) is 4.90 Å². The third kappa shape index (κ3) is 2.68. The van der Waals surface area contributed by atoms with E-state index in [1.165, 1.54) is 13.1 Å². The van der Waals surface area contributed by atoms with Crippen LogP contribution in [0.25, 0.3) is 0 Å². The molecular weight excluding hydrogens is 266 g/mol. The number of anilines is 2. The lowest BCUT2D eigenvalue weighted by molar-refractivity contribution is 0.144. The summed E-state index contributed by atoms with van der Waals surface area (Å²) in [7, 11) is -2.24. The maximum Gasteiger partial charge on any atom is 0.242 e. The second-order valence-electron chi connectivity index (χ2n) is 4.88. The van der Waals surface area contributed by atoms with Crippen LogP contribution in [0.3, 0.4) is 0 Å². The van der Waals surface area contributed by atoms with Gasteiger partial charge >= 0.3 is 0 Å². The normalized spacial score (nSPS) is 17.8. The number of hydrogen-bond acceptors (Lipinski definition) is 5. The molecule has 0 heterocycles. The van der Waals surface area contributed by atoms with E-state index >= 15 is 0 Å². The van der Waals surface area contributed by atoms with E-state index in [2.05, 4.69) is 10.0 Å². The minimum absolute atomic E-state index is 0.0174. The molecule has 1 aliphatic rings. The summed E-state index contributed by atoms with van der Waals surface area (Å²) >= 11 is 0. The monoisotopic (exact) mass is 285 g/mol. The summed E-state index contributed by atoms with van der Waals surface area (Å²) in [5.41, 5.74) is 6.09. The Bertz CT molecular complexity index is 562. The molecule has 0 aromatic heterocycles. The number of benzene rings is 1. The molecule has 1 saturated carbocycles. The molecule has 5 N–H and O–H groups in total. The first-order valence-corrected chi connectivity index (χ1v) is 7.63. The van der Waals surface area contributed by atoms with Gasteiger partial charge in [-0.15, -0.1) is 0 Å². The van der Waals surface area contributed by atoms with Gasteiger partial charge in [0.15, 0.2) is 0 Å². The highest BCUT2D eigenvalue weighted by atomic mass is 32.2. The molecule has 7 heteroatoms. The van der Waals surface area contributed by atoms with Crippen molar-refractivity contribution < 1.29 is 13.5 Å². The summed E-state index contributed by atoms with van der Waals surface area (Å²) in [6, 6.07) is 4.69. The highest BCUT2D eigenvalue weighted by molar-refractivity contribution is 7.89. The minimum atomic E-state index is -3.59. The van der Waals surface area contributed by atoms with Crippen LogP contribution in [0.5, 0.6) is 0 Å². The van der Waals surface area contributed by atoms with Crippen LogP contribution in [0, 0.1) is 0 Å². The van der Waals surface area contributed by atoms with Crippen molar-refractivity contribution in [3.63, 3.8) is 0 Å². The van der Waals surface area contributed by atoms with Crippen molar-refractivity contribution in [2.75, 3.05) is 24.7 Å². The number of aliphatic hydroxyl groups excluding tert-OH is 1. The Balaban J connectivity index is 2.40. The first-order chi connectivity index (χ1) is 8.92. The maximum absolute atomic E-state index is 12.0. The van der Waals surface area contributed by atoms with Gasteiger partial charge in [-0.25, -0.2) is 13.1 Å². The summed E-state index contributed by atoms with van der Waals surface area (Å²) in [5, 5.41) is 12.6. The van der Waals surface area contributed by atoms with Gasteiger partial charge in [-0.05, 0) is 44.5 Å². The first-order valence-electron chi connectivity index (χ1n) is 6.15. The molecule has 0 spiro atoms. The van der Waals surface area contributed by atoms with Crippen molar-refractivity contribution in [1.82, 2.24) is 4.72 Å². The van der Waals surface area contributed by atoms with Gasteiger partial charge in [0.05, 0.1) is 17.8 Å². The lowest BCUT2D eigenvalue weighted by Crippen LogP contribution is -2.48. The number of rotatable bonds is 5. The fourth-order valence-corrected chi connectivity index (χ4v) is 3.11. The molecule has 1 fully saturated rings. The summed E-state index contributed by atoms with van der Waals surface area (Å²) < 4.78 is 26.2. The summed E-state index contributed by atoms with van der Waals surface area (Å²) in [6.07, 6.45) is 2.68. The van der Waals surface area contributed by atoms with E-state index in [4.69, 9.17) is 5.73 Å². The molecule has 6 nitrogen and oxygen atoms in total. The SMILES string of the molecule is CNS(=O)(=O)c1cc(N)ccc1NC1(CO)CCC1. The molecule has 0 unspecified atom stereocenters. The highest BCUT2D eigenvalue weighted by Crippen LogP contribution is 2.37. The average molecular weight is 285 g/mol. The Hall–Kier alpha value is -1.31. The first kappa shape index (κ1) is 14.1. The van der Waals surface area contributed by atoms with E-state index in [1.54, 1.807) is 12.1 Å². The van der Waals surface area contributed by atoms with E-state index in [0.717, 1.165) is 19.3 Å². The fourth-order valence-electron chi connectivity index (χ4n) is 2.19. The molecule has 0 saturated heterocycles. The van der Waals surface area contributed by atoms with Crippen LogP contribution in [-0.4, -0.2) is 32.7 Å². The smallest absolute Gasteiger partial charge is 0.242 e. The molecule has 2 rings (SSSR count). The highest BCUT2D eigenvalue weighted by Gasteiger charge is 2.37. The lowest BCUT2D eigenvalue weighted by Gasteiger charge is -2.42. The van der Waals surface area contributed by atoms with Crippen molar-refractivity contribution in [3.8, 4) is 0 Å². The van der Waals surface area contributed by atoms with Crippen molar-refractivity contribution in [2.45, 2.75) is 29.7 Å². The standard InChI is InChI=1S/C12H19N3O3S/c1-14-19(17,18)11-7-9(13)3-4-10(11)15-12(8-16)5-2-6-12/h3-4,7,14-16H,2,5-6,8,13H2,1H3. The third-order valence-electron chi connectivity index (χ3n) is 3.58. The largest absolute Gasteiger partial charge is 0.399 e. The number of nitrogen functional groups attached to an aromatic ring is 1. The molecule has 1 aromatic rings. The molecule has 0 bridgehead atoms. The molecule has 0 atom stereocenters. The molecular formula is C12H19N3O3S. The minimum Gasteiger partial charge on any atom is -0.399 e. The van der Waals surface area contributed by atoms with Gasteiger partial charge in [0, 0.05) is 5.69 Å². The van der Waals surface area contributed by atoms with Gasteiger partial charge in [0.2, 0.25) is 10.0 Å². The fraction of sp³-hybridized carbons (Fsp3) is 0.500. The third-order valence-corrected chi connectivity index (χ3v) is 5.03. The number of sulfonamides is 1. The summed E-state index contributed by atoms with van der Waals surface area (Å²) in [6.45, 7) is -0.0174. The van der Waals surface area contributed by atoms with Crippen LogP contribution in [-0.2, 0) is 10.0 Å². The Morgan fingerprint density at radius 3 is 2.58 bits per heavy atom. The summed E-state index contributed by atoms with van der Waals surface area (Å²) in [4.78, 5) is 0.106. The van der Waals surface area contributed by atoms with E-state index < -0.39 is 15.6 Å². The Morgan fingerprint density at radius 1 is 1.42 bits per heavy atom. The van der Waals surface area contributed by atoms with Gasteiger partial charge < -0.3 is 16.2 Å². The number of nitrogens with one attached hydrogen (secondary N) is 2. The van der Waals surface area contributed by atoms with Crippen LogP contribution >= 0.6 is 0 Å². The van der Waals surface area contributed by atoms with Crippen LogP contribution in [0.15, 0.2) is 23.1 Å². The molecule has 19 heavy (non-hydrogen) atoms. The number of aliphatic hydroxyl groups is 1. The van der Waals surface area contributed by atoms with Crippen molar-refractivity contribution in [3.05, 3.63) is 18.2 Å². The topological polar surface area (TPSA) is 104 Å². The van der Waals surface area contributed by atoms with E-state index in [1.807, 2.05) is 0 Å². The lowest BCUT2D eigenvalue weighted by atomic mass is 9.77. The zero-order valence-corrected chi connectivity index (χ0v) is 11.6. The van der Waals surface area contributed by atoms with E-state index in [0.29, 0.717) is 11.4 Å². The second kappa shape index (κ2) is 4.99. The van der Waals surface area contributed by atoms with Gasteiger partial charge in [-0.1, -0.05) is 0 Å². The maximum atomic E-state index is 12.0.